The van der Waals surface area contributed by atoms with Crippen LogP contribution in [-0.2, 0) is 6.54 Å². The largest absolute Gasteiger partial charge is 0.394 e. The molecule has 0 radical (unpaired) electrons. The Kier molecular flexibility index (Phi) is 3.66. The number of hydrogen-bond donors (Lipinski definition) is 2. The monoisotopic (exact) mass is 197 g/mol. The van der Waals surface area contributed by atoms with Gasteiger partial charge in [0.1, 0.15) is 0 Å². The second-order valence-electron chi connectivity index (χ2n) is 4.22. The Labute approximate surface area is 84.9 Å². The molecule has 1 atom stereocenters. The highest BCUT2D eigenvalue weighted by Crippen LogP contribution is 2.07. The lowest BCUT2D eigenvalue weighted by atomic mass is 10.0. The highest BCUT2D eigenvalue weighted by molar-refractivity contribution is 4.87. The summed E-state index contributed by atoms with van der Waals surface area (Å²) in [5.41, 5.74) is -0.305. The van der Waals surface area contributed by atoms with E-state index in [1.165, 1.54) is 0 Å². The molecule has 0 aliphatic heterocycles. The minimum Gasteiger partial charge on any atom is -0.394 e. The maximum absolute atomic E-state index is 9.33. The van der Waals surface area contributed by atoms with E-state index in [0.717, 1.165) is 0 Å². The molecular weight excluding hydrogens is 178 g/mol. The first-order valence-electron chi connectivity index (χ1n) is 4.92. The normalized spacial score (nSPS) is 15.8. The SMILES string of the molecule is CC(C)NC(C)(CO)Cn1cccn1. The number of nitrogens with one attached hydrogen (secondary N) is 1. The molecule has 0 aromatic carbocycles. The zero-order chi connectivity index (χ0) is 10.6. The summed E-state index contributed by atoms with van der Waals surface area (Å²) in [7, 11) is 0. The molecule has 0 aliphatic rings. The van der Waals surface area contributed by atoms with Gasteiger partial charge in [0.25, 0.3) is 0 Å². The molecule has 0 bridgehead atoms. The number of rotatable bonds is 5. The van der Waals surface area contributed by atoms with Crippen LogP contribution in [0, 0.1) is 0 Å². The van der Waals surface area contributed by atoms with Crippen LogP contribution in [0.4, 0.5) is 0 Å². The lowest BCUT2D eigenvalue weighted by Crippen LogP contribution is -2.52. The molecular formula is C10H19N3O. The first-order valence-corrected chi connectivity index (χ1v) is 4.92. The van der Waals surface area contributed by atoms with Gasteiger partial charge in [0.2, 0.25) is 0 Å². The number of aliphatic hydroxyl groups is 1. The predicted octanol–water partition coefficient (Wildman–Crippen LogP) is 0.632. The molecule has 1 unspecified atom stereocenters. The number of nitrogens with zero attached hydrogens (tertiary/aromatic N) is 2. The van der Waals surface area contributed by atoms with Crippen LogP contribution in [0.25, 0.3) is 0 Å². The van der Waals surface area contributed by atoms with E-state index in [1.807, 2.05) is 23.9 Å². The molecule has 1 rings (SSSR count). The van der Waals surface area contributed by atoms with E-state index in [-0.39, 0.29) is 12.1 Å². The van der Waals surface area contributed by atoms with Crippen LogP contribution in [0.2, 0.25) is 0 Å². The Morgan fingerprint density at radius 3 is 2.71 bits per heavy atom. The molecule has 0 saturated carbocycles. The molecule has 0 aliphatic carbocycles. The second-order valence-corrected chi connectivity index (χ2v) is 4.22. The van der Waals surface area contributed by atoms with Crippen molar-refractivity contribution in [2.75, 3.05) is 6.61 Å². The Morgan fingerprint density at radius 1 is 1.57 bits per heavy atom. The zero-order valence-corrected chi connectivity index (χ0v) is 9.07. The van der Waals surface area contributed by atoms with Gasteiger partial charge < -0.3 is 10.4 Å². The van der Waals surface area contributed by atoms with Crippen LogP contribution in [0.5, 0.6) is 0 Å². The third kappa shape index (κ3) is 3.12. The predicted molar refractivity (Wildman–Crippen MR) is 56.0 cm³/mol. The summed E-state index contributed by atoms with van der Waals surface area (Å²) < 4.78 is 1.82. The Morgan fingerprint density at radius 2 is 2.29 bits per heavy atom. The van der Waals surface area contributed by atoms with E-state index in [0.29, 0.717) is 12.6 Å². The van der Waals surface area contributed by atoms with Crippen LogP contribution in [-0.4, -0.2) is 33.1 Å². The number of hydrogen-bond acceptors (Lipinski definition) is 3. The van der Waals surface area contributed by atoms with Crippen molar-refractivity contribution in [1.29, 1.82) is 0 Å². The van der Waals surface area contributed by atoms with Crippen LogP contribution >= 0.6 is 0 Å². The van der Waals surface area contributed by atoms with Crippen LogP contribution in [0.1, 0.15) is 20.8 Å². The van der Waals surface area contributed by atoms with Crippen molar-refractivity contribution < 1.29 is 5.11 Å². The van der Waals surface area contributed by atoms with Crippen molar-refractivity contribution >= 4 is 0 Å². The first-order chi connectivity index (χ1) is 6.56. The van der Waals surface area contributed by atoms with Gasteiger partial charge in [-0.1, -0.05) is 13.8 Å². The van der Waals surface area contributed by atoms with Crippen LogP contribution < -0.4 is 5.32 Å². The van der Waals surface area contributed by atoms with Gasteiger partial charge in [0, 0.05) is 18.4 Å². The van der Waals surface area contributed by atoms with Gasteiger partial charge in [-0.2, -0.15) is 5.10 Å². The average Bonchev–Trinajstić information content (AvgIpc) is 2.55. The van der Waals surface area contributed by atoms with Crippen molar-refractivity contribution in [3.8, 4) is 0 Å². The van der Waals surface area contributed by atoms with Gasteiger partial charge >= 0.3 is 0 Å². The van der Waals surface area contributed by atoms with Crippen molar-refractivity contribution in [3.63, 3.8) is 0 Å². The van der Waals surface area contributed by atoms with E-state index in [1.54, 1.807) is 6.20 Å². The van der Waals surface area contributed by atoms with Gasteiger partial charge in [0.15, 0.2) is 0 Å². The van der Waals surface area contributed by atoms with Crippen molar-refractivity contribution in [2.45, 2.75) is 38.9 Å². The first kappa shape index (κ1) is 11.2. The number of aliphatic hydroxyl groups excluding tert-OH is 1. The van der Waals surface area contributed by atoms with E-state index < -0.39 is 0 Å². The van der Waals surface area contributed by atoms with E-state index in [2.05, 4.69) is 24.3 Å². The fourth-order valence-corrected chi connectivity index (χ4v) is 1.59. The van der Waals surface area contributed by atoms with Crippen molar-refractivity contribution in [2.24, 2.45) is 0 Å². The summed E-state index contributed by atoms with van der Waals surface area (Å²) >= 11 is 0. The molecule has 0 amide bonds. The quantitative estimate of drug-likeness (QED) is 0.728. The molecule has 4 nitrogen and oxygen atoms in total. The Balaban J connectivity index is 2.61. The molecule has 4 heteroatoms. The van der Waals surface area contributed by atoms with E-state index in [4.69, 9.17) is 0 Å². The molecule has 80 valence electrons. The summed E-state index contributed by atoms with van der Waals surface area (Å²) in [6.07, 6.45) is 3.64. The molecule has 0 saturated heterocycles. The summed E-state index contributed by atoms with van der Waals surface area (Å²) in [4.78, 5) is 0. The van der Waals surface area contributed by atoms with Gasteiger partial charge in [-0.05, 0) is 13.0 Å². The lowest BCUT2D eigenvalue weighted by molar-refractivity contribution is 0.144. The summed E-state index contributed by atoms with van der Waals surface area (Å²) in [6, 6.07) is 2.23. The fourth-order valence-electron chi connectivity index (χ4n) is 1.59. The summed E-state index contributed by atoms with van der Waals surface area (Å²) in [6.45, 7) is 6.91. The fraction of sp³-hybridized carbons (Fsp3) is 0.700. The van der Waals surface area contributed by atoms with Crippen molar-refractivity contribution in [3.05, 3.63) is 18.5 Å². The van der Waals surface area contributed by atoms with Crippen LogP contribution in [0.3, 0.4) is 0 Å². The highest BCUT2D eigenvalue weighted by atomic mass is 16.3. The van der Waals surface area contributed by atoms with E-state index >= 15 is 0 Å². The average molecular weight is 197 g/mol. The van der Waals surface area contributed by atoms with Gasteiger partial charge in [0.05, 0.1) is 18.7 Å². The molecule has 1 aromatic rings. The maximum atomic E-state index is 9.33. The minimum atomic E-state index is -0.305. The molecule has 1 heterocycles. The molecule has 2 N–H and O–H groups in total. The molecule has 0 fully saturated rings. The summed E-state index contributed by atoms with van der Waals surface area (Å²) in [5, 5.41) is 16.8. The zero-order valence-electron chi connectivity index (χ0n) is 9.07. The molecule has 1 aromatic heterocycles. The summed E-state index contributed by atoms with van der Waals surface area (Å²) in [5.74, 6) is 0. The van der Waals surface area contributed by atoms with Gasteiger partial charge in [-0.15, -0.1) is 0 Å². The molecule has 14 heavy (non-hydrogen) atoms. The Hall–Kier alpha value is -0.870. The maximum Gasteiger partial charge on any atom is 0.0628 e. The third-order valence-corrected chi connectivity index (χ3v) is 2.06. The topological polar surface area (TPSA) is 50.1 Å². The standard InChI is InChI=1S/C10H19N3O/c1-9(2)12-10(3,8-14)7-13-6-4-5-11-13/h4-6,9,12,14H,7-8H2,1-3H3. The van der Waals surface area contributed by atoms with Crippen LogP contribution in [0.15, 0.2) is 18.5 Å². The second kappa shape index (κ2) is 4.57. The highest BCUT2D eigenvalue weighted by Gasteiger charge is 2.24. The van der Waals surface area contributed by atoms with Gasteiger partial charge in [-0.25, -0.2) is 0 Å². The Bertz CT molecular complexity index is 258. The smallest absolute Gasteiger partial charge is 0.0628 e. The minimum absolute atomic E-state index is 0.102. The number of aromatic nitrogens is 2. The van der Waals surface area contributed by atoms with Crippen molar-refractivity contribution in [1.82, 2.24) is 15.1 Å². The lowest BCUT2D eigenvalue weighted by Gasteiger charge is -2.30. The third-order valence-electron chi connectivity index (χ3n) is 2.06. The van der Waals surface area contributed by atoms with Gasteiger partial charge in [-0.3, -0.25) is 4.68 Å². The van der Waals surface area contributed by atoms with E-state index in [9.17, 15) is 5.11 Å². The molecule has 0 spiro atoms.